The molecule has 3 fully saturated rings. The van der Waals surface area contributed by atoms with E-state index < -0.39 is 0 Å². The summed E-state index contributed by atoms with van der Waals surface area (Å²) >= 11 is 0. The molecule has 24 heavy (non-hydrogen) atoms. The van der Waals surface area contributed by atoms with Crippen LogP contribution in [0.3, 0.4) is 0 Å². The summed E-state index contributed by atoms with van der Waals surface area (Å²) in [7, 11) is 0. The fraction of sp³-hybridized carbons (Fsp3) is 0.550. The van der Waals surface area contributed by atoms with Crippen molar-refractivity contribution in [3.05, 3.63) is 46.6 Å². The van der Waals surface area contributed by atoms with Crippen LogP contribution < -0.4 is 0 Å². The molecular formula is C20H22N2O2. The molecule has 3 saturated carbocycles. The third-order valence-electron chi connectivity index (χ3n) is 6.27. The maximum atomic E-state index is 12.0. The molecule has 0 aliphatic heterocycles. The molecule has 2 aromatic rings. The third kappa shape index (κ3) is 2.01. The molecule has 124 valence electrons. The normalized spacial score (nSPS) is 30.1. The molecule has 0 spiro atoms. The van der Waals surface area contributed by atoms with Gasteiger partial charge in [-0.25, -0.2) is 0 Å². The Morgan fingerprint density at radius 1 is 1.08 bits per heavy atom. The molecule has 3 aliphatic rings. The summed E-state index contributed by atoms with van der Waals surface area (Å²) in [6, 6.07) is 6.69. The minimum atomic E-state index is -0.0693. The molecule has 0 saturated heterocycles. The summed E-state index contributed by atoms with van der Waals surface area (Å²) in [5.74, 6) is 2.73. The number of fused-ring (bicyclic) bond motifs is 2. The Morgan fingerprint density at radius 2 is 1.79 bits per heavy atom. The topological polar surface area (TPSA) is 56.0 Å². The van der Waals surface area contributed by atoms with Crippen molar-refractivity contribution >= 4 is 5.78 Å². The summed E-state index contributed by atoms with van der Waals surface area (Å²) in [4.78, 5) is 16.8. The second-order valence-corrected chi connectivity index (χ2v) is 8.14. The maximum Gasteiger partial charge on any atom is 0.230 e. The highest BCUT2D eigenvalue weighted by Gasteiger charge is 2.52. The van der Waals surface area contributed by atoms with E-state index in [1.54, 1.807) is 0 Å². The highest BCUT2D eigenvalue weighted by molar-refractivity contribution is 5.85. The van der Waals surface area contributed by atoms with Crippen LogP contribution in [0.4, 0.5) is 0 Å². The zero-order valence-corrected chi connectivity index (χ0v) is 14.2. The van der Waals surface area contributed by atoms with E-state index in [0.717, 1.165) is 37.9 Å². The average molecular weight is 322 g/mol. The fourth-order valence-corrected chi connectivity index (χ4v) is 4.97. The van der Waals surface area contributed by atoms with Crippen LogP contribution in [-0.2, 0) is 10.2 Å². The molecule has 0 radical (unpaired) electrons. The molecule has 1 aromatic heterocycles. The zero-order valence-electron chi connectivity index (χ0n) is 14.2. The van der Waals surface area contributed by atoms with E-state index in [2.05, 4.69) is 37.2 Å². The molecule has 1 aromatic carbocycles. The van der Waals surface area contributed by atoms with Gasteiger partial charge in [0.2, 0.25) is 5.89 Å². The van der Waals surface area contributed by atoms with E-state index in [0.29, 0.717) is 17.6 Å². The lowest BCUT2D eigenvalue weighted by Crippen LogP contribution is -2.19. The Labute approximate surface area is 141 Å². The van der Waals surface area contributed by atoms with E-state index in [-0.39, 0.29) is 17.3 Å². The van der Waals surface area contributed by atoms with Gasteiger partial charge in [0.05, 0.1) is 5.41 Å². The maximum absolute atomic E-state index is 12.0. The second kappa shape index (κ2) is 4.78. The van der Waals surface area contributed by atoms with Crippen molar-refractivity contribution in [3.8, 4) is 0 Å². The van der Waals surface area contributed by atoms with Crippen molar-refractivity contribution < 1.29 is 9.32 Å². The number of benzene rings is 1. The quantitative estimate of drug-likeness (QED) is 0.861. The van der Waals surface area contributed by atoms with Gasteiger partial charge in [0.15, 0.2) is 5.82 Å². The number of hydrogen-bond donors (Lipinski definition) is 0. The van der Waals surface area contributed by atoms with Crippen LogP contribution in [0, 0.1) is 25.7 Å². The van der Waals surface area contributed by atoms with Gasteiger partial charge in [0.25, 0.3) is 0 Å². The largest absolute Gasteiger partial charge is 0.339 e. The van der Waals surface area contributed by atoms with Crippen LogP contribution >= 0.6 is 0 Å². The molecule has 3 aliphatic carbocycles. The Hall–Kier alpha value is -1.97. The summed E-state index contributed by atoms with van der Waals surface area (Å²) in [6.45, 7) is 4.27. The summed E-state index contributed by atoms with van der Waals surface area (Å²) < 4.78 is 5.64. The first-order chi connectivity index (χ1) is 11.5. The van der Waals surface area contributed by atoms with Crippen LogP contribution in [0.2, 0.25) is 0 Å². The van der Waals surface area contributed by atoms with Gasteiger partial charge in [-0.05, 0) is 51.0 Å². The van der Waals surface area contributed by atoms with Crippen molar-refractivity contribution in [1.82, 2.24) is 10.1 Å². The van der Waals surface area contributed by atoms with E-state index in [9.17, 15) is 4.79 Å². The van der Waals surface area contributed by atoms with Crippen LogP contribution in [0.5, 0.6) is 0 Å². The molecule has 0 amide bonds. The number of rotatable bonds is 3. The first-order valence-electron chi connectivity index (χ1n) is 9.01. The molecule has 1 unspecified atom stereocenters. The first kappa shape index (κ1) is 14.4. The minimum absolute atomic E-state index is 0.0693. The zero-order chi connectivity index (χ0) is 16.5. The predicted molar refractivity (Wildman–Crippen MR) is 88.8 cm³/mol. The number of aryl methyl sites for hydroxylation is 2. The molecular weight excluding hydrogens is 300 g/mol. The van der Waals surface area contributed by atoms with Gasteiger partial charge >= 0.3 is 0 Å². The van der Waals surface area contributed by atoms with Crippen molar-refractivity contribution in [2.45, 2.75) is 57.3 Å². The average Bonchev–Trinajstić information content (AvgIpc) is 2.89. The molecule has 1 heterocycles. The number of Topliss-reactive ketones (excluding diaryl/α,β-unsaturated/α-hetero) is 1. The lowest BCUT2D eigenvalue weighted by molar-refractivity contribution is -0.122. The Morgan fingerprint density at radius 3 is 2.42 bits per heavy atom. The van der Waals surface area contributed by atoms with Crippen LogP contribution in [0.1, 0.15) is 66.4 Å². The fourth-order valence-electron chi connectivity index (χ4n) is 4.97. The van der Waals surface area contributed by atoms with Crippen molar-refractivity contribution in [2.75, 3.05) is 0 Å². The van der Waals surface area contributed by atoms with Crippen molar-refractivity contribution in [2.24, 2.45) is 11.8 Å². The smallest absolute Gasteiger partial charge is 0.230 e. The lowest BCUT2D eigenvalue weighted by Gasteiger charge is -2.16. The van der Waals surface area contributed by atoms with E-state index in [4.69, 9.17) is 9.51 Å². The standard InChI is InChI=1S/C20H22N2O2/c1-11-5-12(2)7-14(6-11)20(3-4-20)19-21-18(24-22-19)16-9-13-8-15(16)17(23)10-13/h5-7,13,15-16H,3-4,8-10H2,1-2H3/t13-,15+,16?/m0/s1. The number of ketones is 1. The second-order valence-electron chi connectivity index (χ2n) is 8.14. The van der Waals surface area contributed by atoms with Crippen molar-refractivity contribution in [1.29, 1.82) is 0 Å². The Balaban J connectivity index is 1.48. The van der Waals surface area contributed by atoms with Gasteiger partial charge < -0.3 is 4.52 Å². The molecule has 2 bridgehead atoms. The number of carbonyl (C=O) groups is 1. The predicted octanol–water partition coefficient (Wildman–Crippen LogP) is 3.85. The highest BCUT2D eigenvalue weighted by Crippen LogP contribution is 2.54. The summed E-state index contributed by atoms with van der Waals surface area (Å²) in [5, 5.41) is 4.34. The molecule has 4 nitrogen and oxygen atoms in total. The molecule has 5 rings (SSSR count). The molecule has 4 heteroatoms. The number of hydrogen-bond acceptors (Lipinski definition) is 4. The van der Waals surface area contributed by atoms with Crippen LogP contribution in [-0.4, -0.2) is 15.9 Å². The van der Waals surface area contributed by atoms with Crippen LogP contribution in [0.25, 0.3) is 0 Å². The van der Waals surface area contributed by atoms with E-state index in [1.807, 2.05) is 0 Å². The Kier molecular flexibility index (Phi) is 2.86. The third-order valence-corrected chi connectivity index (χ3v) is 6.27. The number of carbonyl (C=O) groups excluding carboxylic acids is 1. The lowest BCUT2D eigenvalue weighted by atomic mass is 9.87. The van der Waals surface area contributed by atoms with Gasteiger partial charge in [-0.15, -0.1) is 0 Å². The summed E-state index contributed by atoms with van der Waals surface area (Å²) in [6.07, 6.45) is 4.96. The van der Waals surface area contributed by atoms with Gasteiger partial charge in [0, 0.05) is 18.3 Å². The van der Waals surface area contributed by atoms with Gasteiger partial charge in [0.1, 0.15) is 5.78 Å². The number of aromatic nitrogens is 2. The number of nitrogens with zero attached hydrogens (tertiary/aromatic N) is 2. The minimum Gasteiger partial charge on any atom is -0.339 e. The van der Waals surface area contributed by atoms with Crippen LogP contribution in [0.15, 0.2) is 22.7 Å². The Bertz CT molecular complexity index is 814. The van der Waals surface area contributed by atoms with Gasteiger partial charge in [-0.2, -0.15) is 4.98 Å². The van der Waals surface area contributed by atoms with Crippen molar-refractivity contribution in [3.63, 3.8) is 0 Å². The van der Waals surface area contributed by atoms with E-state index in [1.165, 1.54) is 16.7 Å². The first-order valence-corrected chi connectivity index (χ1v) is 9.01. The van der Waals surface area contributed by atoms with Gasteiger partial charge in [-0.3, -0.25) is 4.79 Å². The molecule has 0 N–H and O–H groups in total. The highest BCUT2D eigenvalue weighted by atomic mass is 16.5. The molecule has 3 atom stereocenters. The monoisotopic (exact) mass is 322 g/mol. The van der Waals surface area contributed by atoms with Gasteiger partial charge in [-0.1, -0.05) is 34.5 Å². The SMILES string of the molecule is Cc1cc(C)cc(C2(c3noc(C4C[C@H]5CC(=O)[C@@H]4C5)n3)CC2)c1. The van der Waals surface area contributed by atoms with E-state index >= 15 is 0 Å². The summed E-state index contributed by atoms with van der Waals surface area (Å²) in [5.41, 5.74) is 3.79.